The Hall–Kier alpha value is -5.86. The molecule has 20 nitrogen and oxygen atoms in total. The van der Waals surface area contributed by atoms with Crippen LogP contribution in [0.15, 0.2) is 94.8 Å². The van der Waals surface area contributed by atoms with Gasteiger partial charge in [-0.05, 0) is 124 Å². The third-order valence-electron chi connectivity index (χ3n) is 16.6. The Morgan fingerprint density at radius 2 is 1.08 bits per heavy atom. The first kappa shape index (κ1) is 74.2. The molecule has 0 spiro atoms. The monoisotopic (exact) mass is 1290 g/mol. The maximum Gasteiger partial charge on any atom is 0.351 e. The van der Waals surface area contributed by atoms with Crippen LogP contribution in [0.4, 0.5) is 11.6 Å². The van der Waals surface area contributed by atoms with Crippen LogP contribution in [0.5, 0.6) is 0 Å². The van der Waals surface area contributed by atoms with Gasteiger partial charge in [-0.25, -0.2) is 14.3 Å². The highest BCUT2D eigenvalue weighted by Crippen LogP contribution is 2.50. The van der Waals surface area contributed by atoms with Crippen molar-refractivity contribution in [3.05, 3.63) is 128 Å². The highest BCUT2D eigenvalue weighted by Gasteiger charge is 2.41. The van der Waals surface area contributed by atoms with Crippen LogP contribution < -0.4 is 22.0 Å². The molecule has 22 heteroatoms. The molecule has 8 rings (SSSR count). The first-order chi connectivity index (χ1) is 43.8. The van der Waals surface area contributed by atoms with Crippen LogP contribution in [-0.2, 0) is 23.0 Å². The molecule has 2 aliphatic carbocycles. The average molecular weight is 1290 g/mol. The number of aromatic nitrogens is 4. The van der Waals surface area contributed by atoms with E-state index in [4.69, 9.17) is 33.6 Å². The second-order valence-electron chi connectivity index (χ2n) is 24.8. The van der Waals surface area contributed by atoms with Gasteiger partial charge in [0.25, 0.3) is 20.3 Å². The Labute approximate surface area is 542 Å². The van der Waals surface area contributed by atoms with Crippen molar-refractivity contribution in [3.8, 4) is 12.1 Å². The number of nitriles is 2. The number of amides is 2. The zero-order chi connectivity index (χ0) is 66.0. The van der Waals surface area contributed by atoms with Gasteiger partial charge in [0.05, 0.1) is 62.6 Å². The van der Waals surface area contributed by atoms with E-state index in [9.17, 15) is 24.3 Å². The molecule has 4 fully saturated rings. The number of hydrogen-bond acceptors (Lipinski definition) is 16. The van der Waals surface area contributed by atoms with E-state index in [1.54, 1.807) is 60.9 Å². The third-order valence-corrected chi connectivity index (χ3v) is 20.8. The van der Waals surface area contributed by atoms with Gasteiger partial charge in [0.1, 0.15) is 32.4 Å². The van der Waals surface area contributed by atoms with Gasteiger partial charge >= 0.3 is 11.4 Å². The molecular formula is C69H100N10O10P2. The lowest BCUT2D eigenvalue weighted by molar-refractivity contribution is -0.0217. The number of aliphatic hydroxyl groups is 1. The molecular weight excluding hydrogens is 1190 g/mol. The fourth-order valence-corrected chi connectivity index (χ4v) is 15.7. The second kappa shape index (κ2) is 38.4. The standard InChI is InChI=1S/C34H48N5O5P.C25H31N3O4.C10H21N2OP/c1-6-29-30(44-45(42-21-13-20-35)39(24(2)3)25(4)5)22-31(43-29)38-23-28(19-12-16-26-14-10-11-15-26)32(37-34(38)41)36-33(40)27-17-8-7-9-18-27;1-2-21-20(29)15-22(32-21)28-16-19(14-8-11-17-9-6-7-10-17)23(27-25(28)31)26-24(30)18-12-4-3-5-13-18;1-9(2)12(10(3)4)14(5)13-8-6-7-11/h7-9,12,17-19,23-26,29-31H,6,10-11,13-16,21-22H2,1-5H3,(H,36,37,40,41);3-5,8,12-14,16-17,20-22,29H,2,6-7,9-11,15H2,1H3,(H,26,27,30,31);9-10H,6,8H2,1-5H3/b19-12+;14-8+;/t29-,30-,31-,45?;20-,21-,22-;/m11./s1. The molecule has 2 aromatic heterocycles. The van der Waals surface area contributed by atoms with Crippen molar-refractivity contribution in [2.45, 2.75) is 233 Å². The third kappa shape index (κ3) is 22.7. The molecule has 8 atom stereocenters. The molecule has 3 N–H and O–H groups in total. The predicted molar refractivity (Wildman–Crippen MR) is 362 cm³/mol. The number of aliphatic hydroxyl groups excluding tert-OH is 1. The van der Waals surface area contributed by atoms with Gasteiger partial charge in [-0.3, -0.25) is 23.4 Å². The SMILES string of the molecule is CC(C)N(C(C)C)P(C)OCCC#N.CC[C@H]1O[C@@H](n2cc(/C=C/CC3CCCC3)c(NC(=O)c3ccccc3)nc2=O)C[C@H]1O.CC[C@H]1O[C@@H](n2cc(/C=C/CC3CCCC3)c(NC(=O)c3ccccc3)nc2=O)C[C@H]1OP(OCCC#N)N(C(C)C)C(C)C. The Kier molecular flexibility index (Phi) is 31.3. The van der Waals surface area contributed by atoms with Gasteiger partial charge in [0.15, 0.2) is 0 Å². The Morgan fingerprint density at radius 3 is 1.48 bits per heavy atom. The number of ether oxygens (including phenoxy) is 2. The summed E-state index contributed by atoms with van der Waals surface area (Å²) in [4.78, 5) is 60.5. The number of rotatable bonds is 28. The average Bonchev–Trinajstić information content (AvgIpc) is 1.92. The van der Waals surface area contributed by atoms with E-state index in [-0.39, 0.29) is 66.9 Å². The number of hydrogen-bond donors (Lipinski definition) is 3. The largest absolute Gasteiger partial charge is 0.390 e. The lowest BCUT2D eigenvalue weighted by atomic mass is 10.0. The van der Waals surface area contributed by atoms with Gasteiger partial charge in [-0.2, -0.15) is 20.5 Å². The summed E-state index contributed by atoms with van der Waals surface area (Å²) < 4.78 is 38.2. The molecule has 2 aliphatic heterocycles. The second-order valence-corrected chi connectivity index (χ2v) is 27.8. The van der Waals surface area contributed by atoms with Crippen LogP contribution >= 0.6 is 16.8 Å². The van der Waals surface area contributed by atoms with Crippen LogP contribution in [0.3, 0.4) is 0 Å². The molecule has 0 radical (unpaired) electrons. The van der Waals surface area contributed by atoms with Crippen LogP contribution in [0.1, 0.15) is 216 Å². The number of nitrogens with zero attached hydrogens (tertiary/aromatic N) is 8. The minimum atomic E-state index is -1.47. The summed E-state index contributed by atoms with van der Waals surface area (Å²) in [7, 11) is -2.02. The highest BCUT2D eigenvalue weighted by molar-refractivity contribution is 7.49. The van der Waals surface area contributed by atoms with Gasteiger partial charge in [-0.15, -0.1) is 0 Å². The lowest BCUT2D eigenvalue weighted by Gasteiger charge is -2.37. The summed E-state index contributed by atoms with van der Waals surface area (Å²) in [6, 6.07) is 23.3. The number of carbonyl (C=O) groups excluding carboxylic acids is 2. The quantitative estimate of drug-likeness (QED) is 0.0353. The molecule has 496 valence electrons. The first-order valence-electron chi connectivity index (χ1n) is 32.8. The van der Waals surface area contributed by atoms with E-state index in [1.165, 1.54) is 60.5 Å². The number of anilines is 2. The van der Waals surface area contributed by atoms with Crippen molar-refractivity contribution in [1.29, 1.82) is 10.5 Å². The van der Waals surface area contributed by atoms with Crippen molar-refractivity contribution < 1.29 is 37.7 Å². The summed E-state index contributed by atoms with van der Waals surface area (Å²) in [6.45, 7) is 24.0. The Morgan fingerprint density at radius 1 is 0.659 bits per heavy atom. The summed E-state index contributed by atoms with van der Waals surface area (Å²) in [5, 5.41) is 33.3. The molecule has 91 heavy (non-hydrogen) atoms. The molecule has 4 heterocycles. The maximum absolute atomic E-state index is 13.5. The zero-order valence-electron chi connectivity index (χ0n) is 55.5. The summed E-state index contributed by atoms with van der Waals surface area (Å²) in [5.41, 5.74) is 1.24. The van der Waals surface area contributed by atoms with Gasteiger partial charge in [0.2, 0.25) is 0 Å². The maximum atomic E-state index is 13.5. The highest BCUT2D eigenvalue weighted by atomic mass is 31.2. The summed E-state index contributed by atoms with van der Waals surface area (Å²) >= 11 is 0. The van der Waals surface area contributed by atoms with Gasteiger partial charge in [-0.1, -0.05) is 126 Å². The minimum absolute atomic E-state index is 0.167. The van der Waals surface area contributed by atoms with Crippen molar-refractivity contribution in [1.82, 2.24) is 28.4 Å². The van der Waals surface area contributed by atoms with Crippen LogP contribution in [0.2, 0.25) is 0 Å². The molecule has 2 saturated carbocycles. The van der Waals surface area contributed by atoms with Crippen LogP contribution in [0, 0.1) is 34.5 Å². The number of benzene rings is 2. The Balaban J connectivity index is 0.000000248. The molecule has 4 aliphatic rings. The lowest BCUT2D eigenvalue weighted by Crippen LogP contribution is -2.35. The predicted octanol–water partition coefficient (Wildman–Crippen LogP) is 14.6. The molecule has 2 unspecified atom stereocenters. The van der Waals surface area contributed by atoms with E-state index in [0.717, 1.165) is 12.8 Å². The summed E-state index contributed by atoms with van der Waals surface area (Å²) in [5.74, 6) is 1.15. The van der Waals surface area contributed by atoms with Crippen LogP contribution in [0.25, 0.3) is 12.2 Å². The number of allylic oxidation sites excluding steroid dienone is 2. The summed E-state index contributed by atoms with van der Waals surface area (Å²) in [6.07, 6.45) is 23.7. The van der Waals surface area contributed by atoms with Crippen molar-refractivity contribution in [3.63, 3.8) is 0 Å². The molecule has 2 amide bonds. The topological polar surface area (TPSA) is 248 Å². The molecule has 0 bridgehead atoms. The van der Waals surface area contributed by atoms with Crippen LogP contribution in [-0.4, -0.2) is 114 Å². The van der Waals surface area contributed by atoms with Crippen molar-refractivity contribution >= 4 is 52.4 Å². The molecule has 2 aromatic carbocycles. The Bertz CT molecular complexity index is 3120. The zero-order valence-corrected chi connectivity index (χ0v) is 57.3. The van der Waals surface area contributed by atoms with E-state index >= 15 is 0 Å². The fourth-order valence-electron chi connectivity index (χ4n) is 12.2. The molecule has 4 aromatic rings. The normalized spacial score (nSPS) is 21.0. The van der Waals surface area contributed by atoms with Gasteiger partial charge < -0.3 is 38.8 Å². The van der Waals surface area contributed by atoms with E-state index in [0.29, 0.717) is 84.9 Å². The fraction of sp³-hybridized carbons (Fsp3) is 0.594. The number of nitrogens with one attached hydrogen (secondary N) is 2. The van der Waals surface area contributed by atoms with E-state index in [1.807, 2.05) is 38.1 Å². The number of carbonyl (C=O) groups is 2. The van der Waals surface area contributed by atoms with Crippen molar-refractivity contribution in [2.24, 2.45) is 11.8 Å². The first-order valence-corrected chi connectivity index (χ1v) is 35.6. The molecule has 2 saturated heterocycles. The smallest absolute Gasteiger partial charge is 0.351 e. The van der Waals surface area contributed by atoms with E-state index < -0.39 is 46.8 Å². The van der Waals surface area contributed by atoms with Crippen molar-refractivity contribution in [2.75, 3.05) is 30.5 Å². The van der Waals surface area contributed by atoms with E-state index in [2.05, 4.69) is 116 Å². The minimum Gasteiger partial charge on any atom is -0.390 e. The van der Waals surface area contributed by atoms with Gasteiger partial charge in [0, 0.05) is 71.7 Å².